The maximum atomic E-state index is 13.9. The number of nitrogens with one attached hydrogen (secondary N) is 7. The first-order valence-electron chi connectivity index (χ1n) is 40.3. The van der Waals surface area contributed by atoms with Crippen molar-refractivity contribution in [2.45, 2.75) is 103 Å². The minimum Gasteiger partial charge on any atom is -0.496 e. The lowest BCUT2D eigenvalue weighted by molar-refractivity contribution is -0.113. The van der Waals surface area contributed by atoms with Gasteiger partial charge in [0.15, 0.2) is 17.5 Å². The second-order valence-corrected chi connectivity index (χ2v) is 31.3. The normalized spacial score (nSPS) is 15.5. The van der Waals surface area contributed by atoms with Crippen LogP contribution in [0.15, 0.2) is 31.0 Å². The number of morpholine rings is 1. The Kier molecular flexibility index (Phi) is 29.0. The van der Waals surface area contributed by atoms with Crippen molar-refractivity contribution >= 4 is 140 Å². The lowest BCUT2D eigenvalue weighted by Crippen LogP contribution is -2.46. The van der Waals surface area contributed by atoms with Gasteiger partial charge in [-0.05, 0) is 117 Å². The summed E-state index contributed by atoms with van der Waals surface area (Å²) in [7, 11) is 4.80. The summed E-state index contributed by atoms with van der Waals surface area (Å²) in [5.74, 6) is 1.32. The molecule has 14 heterocycles. The van der Waals surface area contributed by atoms with Gasteiger partial charge in [0, 0.05) is 166 Å². The number of pyridine rings is 3. The molecular weight excluding hydrogens is 1640 g/mol. The van der Waals surface area contributed by atoms with E-state index in [0.29, 0.717) is 157 Å². The lowest BCUT2D eigenvalue weighted by Gasteiger charge is -2.27. The molecule has 9 aromatic heterocycles. The molecule has 0 spiro atoms. The van der Waals surface area contributed by atoms with Crippen LogP contribution in [0.1, 0.15) is 152 Å². The molecule has 0 radical (unpaired) electrons. The summed E-state index contributed by atoms with van der Waals surface area (Å²) >= 11 is 19.6. The summed E-state index contributed by atoms with van der Waals surface area (Å²) in [6.07, 6.45) is 13.4. The van der Waals surface area contributed by atoms with Gasteiger partial charge in [-0.2, -0.15) is 15.0 Å². The number of aromatic nitrogens is 12. The van der Waals surface area contributed by atoms with E-state index in [1.165, 1.54) is 14.7 Å². The molecule has 0 unspecified atom stereocenters. The van der Waals surface area contributed by atoms with Crippen molar-refractivity contribution in [3.63, 3.8) is 0 Å². The standard InChI is InChI=1S/C29H36ClN9O3.C28H33ClN8O4.C28H35ClN8O3/c1-15-13-34-21(17(3)24(15)42-5)14-39-26-23(25(30)36-29(31)37-26)19(28(39)41)12-20-16(2)22(18(4)35-20)27(40)33-8-11-38-9-6-32-7-10-38;1-15-12-32-21(17(3)23(15)40-4)14-37-25-22(24(29)34-28(30)35-25)18(27(37)39)11-20-16(2)19(13-33-20)26(38)31-5-6-36-7-9-41-10-8-36;1-7-36(8-2)10-9-31-26(38)19-13-33-20(16(19)4)11-18-22-24(29)34-28(30)35-25(22)37(27(18)39)14-21-17(5)23(40-6)15(3)12-32-21/h12-13,32,35H,6-11,14H2,1-5H3,(H,33,40)(H2,31,36,37);11-13,33H,5-10,14H2,1-4H3,(H,31,38)(H2,30,34,35);11-13,33H,7-10,14H2,1-6H3,(H,31,38)(H2,30,34,35)/b19-12-;2*18-11-. The molecule has 0 aliphatic carbocycles. The summed E-state index contributed by atoms with van der Waals surface area (Å²) in [5.41, 5.74) is 33.0. The number of aromatic amines is 3. The topological polar surface area (TPSA) is 448 Å². The number of hydrogen-bond acceptors (Lipinski definition) is 26. The molecular formula is C85H104Cl3N25O10. The highest BCUT2D eigenvalue weighted by atomic mass is 35.5. The van der Waals surface area contributed by atoms with Crippen molar-refractivity contribution in [1.82, 2.24) is 95.8 Å². The van der Waals surface area contributed by atoms with Gasteiger partial charge in [-0.3, -0.25) is 68.2 Å². The van der Waals surface area contributed by atoms with Gasteiger partial charge in [0.25, 0.3) is 35.4 Å². The van der Waals surface area contributed by atoms with Crippen LogP contribution in [0.2, 0.25) is 15.5 Å². The number of amides is 6. The van der Waals surface area contributed by atoms with Gasteiger partial charge in [-0.15, -0.1) is 0 Å². The van der Waals surface area contributed by atoms with Crippen molar-refractivity contribution < 1.29 is 47.7 Å². The molecule has 0 aromatic carbocycles. The fraction of sp³-hybridized carbons (Fsp3) is 0.400. The van der Waals surface area contributed by atoms with Crippen LogP contribution < -0.4 is 67.4 Å². The Balaban J connectivity index is 0.000000169. The molecule has 9 aromatic rings. The third-order valence-corrected chi connectivity index (χ3v) is 23.4. The zero-order valence-electron chi connectivity index (χ0n) is 71.7. The Hall–Kier alpha value is -12.0. The van der Waals surface area contributed by atoms with E-state index in [0.717, 1.165) is 111 Å². The largest absolute Gasteiger partial charge is 0.496 e. The summed E-state index contributed by atoms with van der Waals surface area (Å²) in [6, 6.07) is 0. The predicted molar refractivity (Wildman–Crippen MR) is 475 cm³/mol. The molecule has 38 heteroatoms. The third-order valence-electron chi connectivity index (χ3n) is 22.5. The Morgan fingerprint density at radius 2 is 0.854 bits per heavy atom. The van der Waals surface area contributed by atoms with Crippen molar-refractivity contribution in [3.05, 3.63) is 170 Å². The highest BCUT2D eigenvalue weighted by Crippen LogP contribution is 2.46. The molecule has 6 amide bonds. The van der Waals surface area contributed by atoms with Crippen LogP contribution in [0.4, 0.5) is 35.3 Å². The first-order chi connectivity index (χ1) is 58.9. The molecule has 5 aliphatic rings. The molecule has 0 bridgehead atoms. The fourth-order valence-corrected chi connectivity index (χ4v) is 16.5. The number of methoxy groups -OCH3 is 3. The first-order valence-corrected chi connectivity index (χ1v) is 41.5. The van der Waals surface area contributed by atoms with E-state index >= 15 is 0 Å². The number of nitrogen functional groups attached to an aromatic ring is 3. The van der Waals surface area contributed by atoms with Crippen LogP contribution in [0.5, 0.6) is 17.2 Å². The Morgan fingerprint density at radius 3 is 1.23 bits per heavy atom. The minimum atomic E-state index is -0.340. The monoisotopic (exact) mass is 1740 g/mol. The molecule has 0 saturated carbocycles. The van der Waals surface area contributed by atoms with Crippen LogP contribution in [-0.4, -0.2) is 236 Å². The number of nitrogens with two attached hydrogens (primary N) is 3. The van der Waals surface area contributed by atoms with E-state index < -0.39 is 0 Å². The van der Waals surface area contributed by atoms with Crippen molar-refractivity contribution in [2.75, 3.05) is 158 Å². The highest BCUT2D eigenvalue weighted by molar-refractivity contribution is 6.43. The summed E-state index contributed by atoms with van der Waals surface area (Å²) < 4.78 is 22.0. The Morgan fingerprint density at radius 1 is 0.496 bits per heavy atom. The maximum Gasteiger partial charge on any atom is 0.260 e. The van der Waals surface area contributed by atoms with Crippen LogP contribution in [0.25, 0.3) is 34.9 Å². The summed E-state index contributed by atoms with van der Waals surface area (Å²) in [6.45, 7) is 36.0. The number of rotatable bonds is 26. The van der Waals surface area contributed by atoms with Gasteiger partial charge < -0.3 is 77.3 Å². The number of carbonyl (C=O) groups excluding carboxylic acids is 6. The number of halogens is 3. The quantitative estimate of drug-likeness (QED) is 0.0179. The first kappa shape index (κ1) is 90.3. The molecule has 2 saturated heterocycles. The summed E-state index contributed by atoms with van der Waals surface area (Å²) in [5, 5.41) is 12.5. The highest BCUT2D eigenvalue weighted by Gasteiger charge is 2.42. The Bertz CT molecular complexity index is 5670. The molecule has 5 aliphatic heterocycles. The number of fused-ring (bicyclic) bond motifs is 3. The van der Waals surface area contributed by atoms with Crippen LogP contribution >= 0.6 is 34.8 Å². The smallest absolute Gasteiger partial charge is 0.260 e. The van der Waals surface area contributed by atoms with Crippen LogP contribution in [0, 0.1) is 69.2 Å². The molecule has 0 atom stereocenters. The van der Waals surface area contributed by atoms with E-state index in [2.05, 4.69) is 110 Å². The number of H-pyrrole nitrogens is 3. The number of piperazine rings is 1. The van der Waals surface area contributed by atoms with Gasteiger partial charge in [0.2, 0.25) is 17.8 Å². The molecule has 2 fully saturated rings. The average Bonchev–Trinajstić information content (AvgIpc) is 1.61. The van der Waals surface area contributed by atoms with Gasteiger partial charge in [0.05, 0.1) is 121 Å². The predicted octanol–water partition coefficient (Wildman–Crippen LogP) is 8.45. The van der Waals surface area contributed by atoms with Gasteiger partial charge >= 0.3 is 0 Å². The van der Waals surface area contributed by atoms with Gasteiger partial charge in [-0.1, -0.05) is 48.7 Å². The maximum absolute atomic E-state index is 13.9. The van der Waals surface area contributed by atoms with E-state index in [9.17, 15) is 28.8 Å². The number of ether oxygens (including phenoxy) is 4. The number of nitrogens with zero attached hydrogens (tertiary/aromatic N) is 15. The number of hydrogen-bond donors (Lipinski definition) is 10. The number of carbonyl (C=O) groups is 6. The number of anilines is 6. The van der Waals surface area contributed by atoms with Crippen molar-refractivity contribution in [2.24, 2.45) is 0 Å². The lowest BCUT2D eigenvalue weighted by atomic mass is 10.1. The zero-order chi connectivity index (χ0) is 88.5. The van der Waals surface area contributed by atoms with Crippen LogP contribution in [-0.2, 0) is 38.8 Å². The van der Waals surface area contributed by atoms with Crippen molar-refractivity contribution in [1.29, 1.82) is 0 Å². The fourth-order valence-electron chi connectivity index (χ4n) is 15.7. The van der Waals surface area contributed by atoms with Gasteiger partial charge in [0.1, 0.15) is 32.7 Å². The van der Waals surface area contributed by atoms with E-state index in [1.807, 2.05) is 69.2 Å². The Labute approximate surface area is 727 Å². The second kappa shape index (κ2) is 39.5. The van der Waals surface area contributed by atoms with E-state index in [4.69, 9.17) is 71.0 Å². The molecule has 35 nitrogen and oxygen atoms in total. The average molecular weight is 1740 g/mol. The van der Waals surface area contributed by atoms with E-state index in [-0.39, 0.29) is 99.5 Å². The number of aryl methyl sites for hydroxylation is 4. The SMILES string of the molecule is CCN(CC)CCNC(=O)c1c[nH]c(/C=C2\C(=O)N(Cc3ncc(C)c(OC)c3C)c3nc(N)nc(Cl)c32)c1C.COc1c(C)cnc(CN2C(=O)/C(=C\c3[nH]c(C)c(C(=O)NCCN4CCNCC4)c3C)c3c(Cl)nc(N)nc32)c1C.COc1c(C)cnc(CN2C(=O)/C(=C\c3[nH]cc(C(=O)NCCN4CCOCC4)c3C)c3c(Cl)nc(N)nc32)c1C. The minimum absolute atomic E-state index is 0.0457. The molecule has 14 rings (SSSR count). The zero-order valence-corrected chi connectivity index (χ0v) is 74.0. The summed E-state index contributed by atoms with van der Waals surface area (Å²) in [4.78, 5) is 140. The number of likely N-dealkylation sites (N-methyl/N-ethyl adjacent to an activating group) is 1. The third kappa shape index (κ3) is 19.4. The second-order valence-electron chi connectivity index (χ2n) is 30.2. The van der Waals surface area contributed by atoms with Gasteiger partial charge in [-0.25, -0.2) is 15.0 Å². The molecule has 650 valence electrons. The van der Waals surface area contributed by atoms with Crippen LogP contribution in [0.3, 0.4) is 0 Å². The van der Waals surface area contributed by atoms with E-state index in [1.54, 1.807) is 70.5 Å². The molecule has 13 N–H and O–H groups in total. The molecule has 123 heavy (non-hydrogen) atoms. The van der Waals surface area contributed by atoms with Crippen molar-refractivity contribution in [3.8, 4) is 17.2 Å².